The van der Waals surface area contributed by atoms with Crippen molar-refractivity contribution >= 4 is 29.7 Å². The van der Waals surface area contributed by atoms with Crippen LogP contribution in [0.5, 0.6) is 0 Å². The second-order valence-corrected chi connectivity index (χ2v) is 7.27. The number of carbonyl (C=O) groups is 1. The molecule has 1 aromatic heterocycles. The van der Waals surface area contributed by atoms with E-state index in [4.69, 9.17) is 5.73 Å². The molecule has 0 radical (unpaired) electrons. The Morgan fingerprint density at radius 1 is 1.48 bits per heavy atom. The van der Waals surface area contributed by atoms with Gasteiger partial charge in [0.15, 0.2) is 0 Å². The molecule has 0 aliphatic heterocycles. The molecule has 0 aliphatic carbocycles. The van der Waals surface area contributed by atoms with Crippen LogP contribution in [0.25, 0.3) is 0 Å². The number of thiazole rings is 1. The molecule has 1 rings (SSSR count). The van der Waals surface area contributed by atoms with Gasteiger partial charge in [0.25, 0.3) is 0 Å². The number of nitrogens with two attached hydrogens (primary N) is 1. The zero-order chi connectivity index (χ0) is 15.3. The van der Waals surface area contributed by atoms with Gasteiger partial charge in [0.05, 0.1) is 16.7 Å². The normalized spacial score (nSPS) is 14.2. The summed E-state index contributed by atoms with van der Waals surface area (Å²) >= 11 is 1.65. The van der Waals surface area contributed by atoms with E-state index in [-0.39, 0.29) is 29.6 Å². The summed E-state index contributed by atoms with van der Waals surface area (Å²) in [6, 6.07) is -0.415. The summed E-state index contributed by atoms with van der Waals surface area (Å²) in [6.45, 7) is 11.1. The van der Waals surface area contributed by atoms with Crippen molar-refractivity contribution in [2.75, 3.05) is 6.54 Å². The molecule has 122 valence electrons. The number of nitrogens with zero attached hydrogens (tertiary/aromatic N) is 1. The maximum Gasteiger partial charge on any atom is 0.237 e. The molecule has 2 unspecified atom stereocenters. The monoisotopic (exact) mass is 333 g/mol. The van der Waals surface area contributed by atoms with Gasteiger partial charge < -0.3 is 11.1 Å². The summed E-state index contributed by atoms with van der Waals surface area (Å²) in [4.78, 5) is 16.5. The highest BCUT2D eigenvalue weighted by atomic mass is 35.5. The van der Waals surface area contributed by atoms with Crippen molar-refractivity contribution in [2.24, 2.45) is 11.7 Å². The molecule has 6 heteroatoms. The molecule has 0 aromatic carbocycles. The first-order valence-electron chi connectivity index (χ1n) is 7.23. The number of hydrogen-bond acceptors (Lipinski definition) is 4. The van der Waals surface area contributed by atoms with Crippen LogP contribution < -0.4 is 11.1 Å². The lowest BCUT2D eigenvalue weighted by Gasteiger charge is -2.17. The molecule has 1 aromatic rings. The minimum atomic E-state index is -0.415. The Morgan fingerprint density at radius 3 is 2.57 bits per heavy atom. The van der Waals surface area contributed by atoms with Gasteiger partial charge in [-0.3, -0.25) is 4.79 Å². The number of halogens is 1. The smallest absolute Gasteiger partial charge is 0.237 e. The standard InChI is InChI=1S/C15H27N3OS.ClH/c1-6-10(2)13(16)14(19)17-8-7-12-18-11(9-20-12)15(3,4)5;/h9-10,13H,6-8,16H2,1-5H3,(H,17,19);1H. The molecule has 0 fully saturated rings. The Kier molecular flexibility index (Phi) is 8.44. The quantitative estimate of drug-likeness (QED) is 0.841. The topological polar surface area (TPSA) is 68.0 Å². The molecule has 1 heterocycles. The fraction of sp³-hybridized carbons (Fsp3) is 0.733. The van der Waals surface area contributed by atoms with Gasteiger partial charge in [0.2, 0.25) is 5.91 Å². The van der Waals surface area contributed by atoms with Gasteiger partial charge in [-0.25, -0.2) is 4.98 Å². The van der Waals surface area contributed by atoms with E-state index in [1.165, 1.54) is 0 Å². The summed E-state index contributed by atoms with van der Waals surface area (Å²) in [7, 11) is 0. The molecule has 1 amide bonds. The van der Waals surface area contributed by atoms with Crippen LogP contribution in [-0.2, 0) is 16.6 Å². The molecule has 0 saturated heterocycles. The molecule has 0 bridgehead atoms. The van der Waals surface area contributed by atoms with Gasteiger partial charge in [-0.15, -0.1) is 23.7 Å². The van der Waals surface area contributed by atoms with Gasteiger partial charge in [0.1, 0.15) is 0 Å². The lowest BCUT2D eigenvalue weighted by Crippen LogP contribution is -2.45. The largest absolute Gasteiger partial charge is 0.354 e. The third kappa shape index (κ3) is 6.32. The summed E-state index contributed by atoms with van der Waals surface area (Å²) in [5, 5.41) is 6.06. The fourth-order valence-corrected chi connectivity index (χ4v) is 2.72. The first-order valence-corrected chi connectivity index (χ1v) is 8.11. The number of rotatable bonds is 6. The van der Waals surface area contributed by atoms with Crippen LogP contribution in [0.15, 0.2) is 5.38 Å². The minimum Gasteiger partial charge on any atom is -0.354 e. The van der Waals surface area contributed by atoms with E-state index in [9.17, 15) is 4.79 Å². The van der Waals surface area contributed by atoms with Crippen molar-refractivity contribution in [3.63, 3.8) is 0 Å². The van der Waals surface area contributed by atoms with Gasteiger partial charge >= 0.3 is 0 Å². The third-order valence-electron chi connectivity index (χ3n) is 3.52. The van der Waals surface area contributed by atoms with Crippen LogP contribution in [0.2, 0.25) is 0 Å². The highest BCUT2D eigenvalue weighted by molar-refractivity contribution is 7.09. The first kappa shape index (κ1) is 20.3. The second-order valence-electron chi connectivity index (χ2n) is 6.33. The van der Waals surface area contributed by atoms with Crippen LogP contribution in [0, 0.1) is 5.92 Å². The first-order chi connectivity index (χ1) is 9.25. The third-order valence-corrected chi connectivity index (χ3v) is 4.43. The number of amides is 1. The maximum absolute atomic E-state index is 11.8. The Labute approximate surface area is 138 Å². The Balaban J connectivity index is 0.00000400. The van der Waals surface area contributed by atoms with Crippen LogP contribution in [-0.4, -0.2) is 23.5 Å². The Bertz CT molecular complexity index is 442. The van der Waals surface area contributed by atoms with E-state index in [1.807, 2.05) is 13.8 Å². The molecular formula is C15H28ClN3OS. The average Bonchev–Trinajstić information content (AvgIpc) is 2.85. The van der Waals surface area contributed by atoms with Crippen LogP contribution >= 0.6 is 23.7 Å². The molecular weight excluding hydrogens is 306 g/mol. The van der Waals surface area contributed by atoms with Crippen molar-refractivity contribution in [1.29, 1.82) is 0 Å². The molecule has 3 N–H and O–H groups in total. The van der Waals surface area contributed by atoms with Gasteiger partial charge in [0, 0.05) is 23.8 Å². The maximum atomic E-state index is 11.8. The van der Waals surface area contributed by atoms with E-state index >= 15 is 0 Å². The SMILES string of the molecule is CCC(C)C(N)C(=O)NCCc1nc(C(C)(C)C)cs1.Cl. The summed E-state index contributed by atoms with van der Waals surface area (Å²) in [5.41, 5.74) is 7.08. The van der Waals surface area contributed by atoms with E-state index in [1.54, 1.807) is 11.3 Å². The van der Waals surface area contributed by atoms with Crippen LogP contribution in [0.4, 0.5) is 0 Å². The van der Waals surface area contributed by atoms with Gasteiger partial charge in [-0.05, 0) is 5.92 Å². The lowest BCUT2D eigenvalue weighted by atomic mass is 9.93. The molecule has 21 heavy (non-hydrogen) atoms. The molecule has 0 aliphatic rings. The summed E-state index contributed by atoms with van der Waals surface area (Å²) < 4.78 is 0. The van der Waals surface area contributed by atoms with Gasteiger partial charge in [-0.1, -0.05) is 41.0 Å². The van der Waals surface area contributed by atoms with Crippen LogP contribution in [0.3, 0.4) is 0 Å². The molecule has 0 saturated carbocycles. The predicted molar refractivity (Wildman–Crippen MR) is 92.2 cm³/mol. The van der Waals surface area contributed by atoms with E-state index < -0.39 is 6.04 Å². The Morgan fingerprint density at radius 2 is 2.10 bits per heavy atom. The summed E-state index contributed by atoms with van der Waals surface area (Å²) in [6.07, 6.45) is 1.68. The number of carbonyl (C=O) groups excluding carboxylic acids is 1. The van der Waals surface area contributed by atoms with Crippen molar-refractivity contribution in [1.82, 2.24) is 10.3 Å². The van der Waals surface area contributed by atoms with Crippen molar-refractivity contribution in [2.45, 2.75) is 58.9 Å². The number of hydrogen-bond donors (Lipinski definition) is 2. The molecule has 2 atom stereocenters. The Hall–Kier alpha value is -0.650. The minimum absolute atomic E-state index is 0. The van der Waals surface area contributed by atoms with Crippen LogP contribution in [0.1, 0.15) is 51.7 Å². The van der Waals surface area contributed by atoms with Crippen molar-refractivity contribution in [3.05, 3.63) is 16.1 Å². The van der Waals surface area contributed by atoms with Crippen molar-refractivity contribution in [3.8, 4) is 0 Å². The zero-order valence-corrected chi connectivity index (χ0v) is 15.2. The van der Waals surface area contributed by atoms with Gasteiger partial charge in [-0.2, -0.15) is 0 Å². The summed E-state index contributed by atoms with van der Waals surface area (Å²) in [5.74, 6) is 0.148. The predicted octanol–water partition coefficient (Wildman–Crippen LogP) is 2.89. The average molecular weight is 334 g/mol. The molecule has 0 spiro atoms. The fourth-order valence-electron chi connectivity index (χ4n) is 1.69. The van der Waals surface area contributed by atoms with E-state index in [0.29, 0.717) is 6.54 Å². The molecule has 4 nitrogen and oxygen atoms in total. The number of aromatic nitrogens is 1. The second kappa shape index (κ2) is 8.71. The zero-order valence-electron chi connectivity index (χ0n) is 13.6. The number of nitrogens with one attached hydrogen (secondary N) is 1. The highest BCUT2D eigenvalue weighted by Gasteiger charge is 2.19. The van der Waals surface area contributed by atoms with E-state index in [2.05, 4.69) is 36.5 Å². The van der Waals surface area contributed by atoms with Crippen molar-refractivity contribution < 1.29 is 4.79 Å². The van der Waals surface area contributed by atoms with E-state index in [0.717, 1.165) is 23.5 Å². The lowest BCUT2D eigenvalue weighted by molar-refractivity contribution is -0.123. The highest BCUT2D eigenvalue weighted by Crippen LogP contribution is 2.23.